The van der Waals surface area contributed by atoms with E-state index in [0.717, 1.165) is 0 Å². The lowest BCUT2D eigenvalue weighted by Gasteiger charge is -2.23. The van der Waals surface area contributed by atoms with Crippen LogP contribution in [0.25, 0.3) is 0 Å². The van der Waals surface area contributed by atoms with Crippen molar-refractivity contribution in [1.29, 1.82) is 0 Å². The van der Waals surface area contributed by atoms with Crippen LogP contribution in [0.5, 0.6) is 0 Å². The lowest BCUT2D eigenvalue weighted by molar-refractivity contribution is -0.122. The summed E-state index contributed by atoms with van der Waals surface area (Å²) in [6, 6.07) is 0. The fraction of sp³-hybridized carbons (Fsp3) is 0.875. The summed E-state index contributed by atoms with van der Waals surface area (Å²) in [6.45, 7) is 7.16. The summed E-state index contributed by atoms with van der Waals surface area (Å²) in [4.78, 5) is 11.1. The summed E-state index contributed by atoms with van der Waals surface area (Å²) in [7, 11) is 0. The third-order valence-electron chi connectivity index (χ3n) is 1.96. The third kappa shape index (κ3) is 1.37. The molecule has 1 fully saturated rings. The van der Waals surface area contributed by atoms with Crippen molar-refractivity contribution in [3.63, 3.8) is 0 Å². The predicted octanol–water partition coefficient (Wildman–Crippen LogP) is 1.25. The lowest BCUT2D eigenvalue weighted by Crippen LogP contribution is -2.26. The highest BCUT2D eigenvalue weighted by Gasteiger charge is 2.35. The molecule has 58 valence electrons. The first kappa shape index (κ1) is 7.73. The molecule has 1 aliphatic rings. The van der Waals surface area contributed by atoms with Crippen LogP contribution in [0.4, 0.5) is 0 Å². The van der Waals surface area contributed by atoms with E-state index in [2.05, 4.69) is 20.8 Å². The van der Waals surface area contributed by atoms with Gasteiger partial charge in [0.15, 0.2) is 5.78 Å². The van der Waals surface area contributed by atoms with Crippen molar-refractivity contribution in [2.75, 3.05) is 13.2 Å². The van der Waals surface area contributed by atoms with Crippen LogP contribution in [0.3, 0.4) is 0 Å². The summed E-state index contributed by atoms with van der Waals surface area (Å²) in [5, 5.41) is 0. The molecule has 1 rings (SSSR count). The van der Waals surface area contributed by atoms with E-state index < -0.39 is 0 Å². The Bertz CT molecular complexity index is 144. The Morgan fingerprint density at radius 1 is 1.50 bits per heavy atom. The second kappa shape index (κ2) is 2.35. The summed E-state index contributed by atoms with van der Waals surface area (Å²) in [6.07, 6.45) is 0. The van der Waals surface area contributed by atoms with E-state index in [1.807, 2.05) is 0 Å². The Morgan fingerprint density at radius 3 is 2.30 bits per heavy atom. The number of hydrogen-bond donors (Lipinski definition) is 0. The van der Waals surface area contributed by atoms with Gasteiger partial charge in [0.05, 0.1) is 6.61 Å². The Labute approximate surface area is 61.6 Å². The summed E-state index contributed by atoms with van der Waals surface area (Å²) in [5.74, 6) is 0.375. The zero-order valence-electron chi connectivity index (χ0n) is 6.81. The maximum atomic E-state index is 11.1. The SMILES string of the molecule is CC(C)(C)C1COCC1=O. The standard InChI is InChI=1S/C8H14O2/c1-8(2,3)6-4-10-5-7(6)9/h6H,4-5H2,1-3H3. The predicted molar refractivity (Wildman–Crippen MR) is 38.8 cm³/mol. The summed E-state index contributed by atoms with van der Waals surface area (Å²) < 4.78 is 5.05. The van der Waals surface area contributed by atoms with Gasteiger partial charge >= 0.3 is 0 Å². The van der Waals surface area contributed by atoms with Crippen molar-refractivity contribution < 1.29 is 9.53 Å². The number of ether oxygens (including phenoxy) is 1. The van der Waals surface area contributed by atoms with Crippen molar-refractivity contribution in [2.24, 2.45) is 11.3 Å². The molecule has 1 unspecified atom stereocenters. The van der Waals surface area contributed by atoms with Crippen LogP contribution in [0.2, 0.25) is 0 Å². The van der Waals surface area contributed by atoms with Crippen LogP contribution in [0.15, 0.2) is 0 Å². The highest BCUT2D eigenvalue weighted by atomic mass is 16.5. The lowest BCUT2D eigenvalue weighted by atomic mass is 9.80. The molecule has 0 bridgehead atoms. The molecule has 1 heterocycles. The van der Waals surface area contributed by atoms with Gasteiger partial charge in [-0.2, -0.15) is 0 Å². The minimum absolute atomic E-state index is 0.0770. The number of rotatable bonds is 0. The largest absolute Gasteiger partial charge is 0.373 e. The highest BCUT2D eigenvalue weighted by molar-refractivity contribution is 5.84. The van der Waals surface area contributed by atoms with Crippen molar-refractivity contribution in [2.45, 2.75) is 20.8 Å². The maximum absolute atomic E-state index is 11.1. The first-order valence-electron chi connectivity index (χ1n) is 3.62. The van der Waals surface area contributed by atoms with Gasteiger partial charge in [-0.25, -0.2) is 0 Å². The Balaban J connectivity index is 2.64. The van der Waals surface area contributed by atoms with Gasteiger partial charge in [0.1, 0.15) is 6.61 Å². The molecule has 1 atom stereocenters. The minimum atomic E-state index is 0.0770. The quantitative estimate of drug-likeness (QED) is 0.508. The first-order valence-corrected chi connectivity index (χ1v) is 3.62. The van der Waals surface area contributed by atoms with E-state index in [1.165, 1.54) is 0 Å². The number of carbonyl (C=O) groups is 1. The Morgan fingerprint density at radius 2 is 2.10 bits per heavy atom. The van der Waals surface area contributed by atoms with E-state index in [4.69, 9.17) is 4.74 Å². The molecular weight excluding hydrogens is 128 g/mol. The summed E-state index contributed by atoms with van der Waals surface area (Å²) in [5.41, 5.74) is 0.0770. The molecule has 0 aromatic rings. The van der Waals surface area contributed by atoms with Crippen molar-refractivity contribution in [1.82, 2.24) is 0 Å². The van der Waals surface area contributed by atoms with Gasteiger partial charge in [-0.1, -0.05) is 20.8 Å². The van der Waals surface area contributed by atoms with Crippen LogP contribution < -0.4 is 0 Å². The van der Waals surface area contributed by atoms with Gasteiger partial charge in [-0.3, -0.25) is 4.79 Å². The molecule has 10 heavy (non-hydrogen) atoms. The van der Waals surface area contributed by atoms with Crippen LogP contribution in [-0.2, 0) is 9.53 Å². The second-order valence-corrected chi connectivity index (χ2v) is 3.90. The van der Waals surface area contributed by atoms with Gasteiger partial charge in [-0.15, -0.1) is 0 Å². The van der Waals surface area contributed by atoms with Crippen molar-refractivity contribution in [3.8, 4) is 0 Å². The number of carbonyl (C=O) groups excluding carboxylic acids is 1. The van der Waals surface area contributed by atoms with E-state index in [1.54, 1.807) is 0 Å². The molecule has 0 N–H and O–H groups in total. The molecule has 0 aromatic heterocycles. The molecule has 0 amide bonds. The monoisotopic (exact) mass is 142 g/mol. The van der Waals surface area contributed by atoms with Gasteiger partial charge in [0, 0.05) is 5.92 Å². The number of ketones is 1. The van der Waals surface area contributed by atoms with Gasteiger partial charge in [0.2, 0.25) is 0 Å². The van der Waals surface area contributed by atoms with Gasteiger partial charge in [0.25, 0.3) is 0 Å². The fourth-order valence-electron chi connectivity index (χ4n) is 1.20. The average molecular weight is 142 g/mol. The molecule has 1 saturated heterocycles. The number of hydrogen-bond acceptors (Lipinski definition) is 2. The minimum Gasteiger partial charge on any atom is -0.373 e. The van der Waals surface area contributed by atoms with Crippen LogP contribution in [0, 0.1) is 11.3 Å². The number of Topliss-reactive ketones (excluding diaryl/α,β-unsaturated/α-hetero) is 1. The molecule has 0 saturated carbocycles. The zero-order valence-corrected chi connectivity index (χ0v) is 6.81. The molecule has 0 radical (unpaired) electrons. The topological polar surface area (TPSA) is 26.3 Å². The fourth-order valence-corrected chi connectivity index (χ4v) is 1.20. The molecule has 0 aliphatic carbocycles. The maximum Gasteiger partial charge on any atom is 0.164 e. The second-order valence-electron chi connectivity index (χ2n) is 3.90. The van der Waals surface area contributed by atoms with E-state index in [9.17, 15) is 4.79 Å². The Kier molecular flexibility index (Phi) is 1.82. The van der Waals surface area contributed by atoms with Crippen LogP contribution in [0.1, 0.15) is 20.8 Å². The Hall–Kier alpha value is -0.370. The third-order valence-corrected chi connectivity index (χ3v) is 1.96. The molecule has 2 heteroatoms. The average Bonchev–Trinajstić information content (AvgIpc) is 2.11. The molecule has 0 spiro atoms. The van der Waals surface area contributed by atoms with E-state index >= 15 is 0 Å². The summed E-state index contributed by atoms with van der Waals surface area (Å²) >= 11 is 0. The molecular formula is C8H14O2. The molecule has 1 aliphatic heterocycles. The first-order chi connectivity index (χ1) is 4.52. The van der Waals surface area contributed by atoms with Crippen LogP contribution in [-0.4, -0.2) is 19.0 Å². The highest BCUT2D eigenvalue weighted by Crippen LogP contribution is 2.29. The van der Waals surface area contributed by atoms with Crippen molar-refractivity contribution in [3.05, 3.63) is 0 Å². The normalized spacial score (nSPS) is 27.5. The molecule has 2 nitrogen and oxygen atoms in total. The zero-order chi connectivity index (χ0) is 7.78. The van der Waals surface area contributed by atoms with E-state index in [0.29, 0.717) is 13.2 Å². The van der Waals surface area contributed by atoms with E-state index in [-0.39, 0.29) is 17.1 Å². The smallest absolute Gasteiger partial charge is 0.164 e. The molecule has 0 aromatic carbocycles. The van der Waals surface area contributed by atoms with Crippen LogP contribution >= 0.6 is 0 Å². The van der Waals surface area contributed by atoms with Gasteiger partial charge in [-0.05, 0) is 5.41 Å². The van der Waals surface area contributed by atoms with Gasteiger partial charge < -0.3 is 4.74 Å². The van der Waals surface area contributed by atoms with Crippen molar-refractivity contribution >= 4 is 5.78 Å².